The summed E-state index contributed by atoms with van der Waals surface area (Å²) in [7, 11) is 0. The van der Waals surface area contributed by atoms with E-state index in [1.165, 1.54) is 0 Å². The number of rotatable bonds is 8. The molecule has 0 bridgehead atoms. The molecule has 2 N–H and O–H groups in total. The Kier molecular flexibility index (Phi) is 7.31. The van der Waals surface area contributed by atoms with Crippen molar-refractivity contribution in [3.05, 3.63) is 42.0 Å². The molecule has 4 atom stereocenters. The zero-order valence-electron chi connectivity index (χ0n) is 22.1. The minimum absolute atomic E-state index is 0.148. The van der Waals surface area contributed by atoms with Crippen LogP contribution >= 0.6 is 0 Å². The van der Waals surface area contributed by atoms with Crippen molar-refractivity contribution in [1.29, 1.82) is 0 Å². The summed E-state index contributed by atoms with van der Waals surface area (Å²) in [5.74, 6) is 0.394. The molecule has 37 heavy (non-hydrogen) atoms. The van der Waals surface area contributed by atoms with E-state index in [2.05, 4.69) is 25.5 Å². The van der Waals surface area contributed by atoms with Gasteiger partial charge in [-0.15, -0.1) is 5.10 Å². The molecule has 10 heteroatoms. The number of hydrogen-bond acceptors (Lipinski definition) is 7. The molecule has 10 nitrogen and oxygen atoms in total. The zero-order chi connectivity index (χ0) is 26.2. The van der Waals surface area contributed by atoms with Crippen molar-refractivity contribution in [2.24, 2.45) is 11.3 Å². The number of aliphatic hydroxyl groups is 1. The molecule has 2 aromatic heterocycles. The van der Waals surface area contributed by atoms with E-state index in [1.807, 2.05) is 51.4 Å². The second-order valence-corrected chi connectivity index (χ2v) is 12.0. The van der Waals surface area contributed by atoms with Crippen molar-refractivity contribution in [2.45, 2.75) is 77.1 Å². The van der Waals surface area contributed by atoms with E-state index >= 15 is 0 Å². The largest absolute Gasteiger partial charge is 0.391 e. The van der Waals surface area contributed by atoms with E-state index in [0.29, 0.717) is 18.4 Å². The fraction of sp³-hybridized carbons (Fsp3) is 0.667. The van der Waals surface area contributed by atoms with Gasteiger partial charge in [0.05, 0.1) is 17.5 Å². The molecular weight excluding hydrogens is 470 g/mol. The minimum atomic E-state index is -0.724. The van der Waals surface area contributed by atoms with Crippen LogP contribution in [0.25, 0.3) is 0 Å². The highest BCUT2D eigenvalue weighted by Gasteiger charge is 2.45. The van der Waals surface area contributed by atoms with E-state index in [-0.39, 0.29) is 24.8 Å². The normalized spacial score (nSPS) is 25.4. The monoisotopic (exact) mass is 509 g/mol. The highest BCUT2D eigenvalue weighted by molar-refractivity contribution is 5.90. The summed E-state index contributed by atoms with van der Waals surface area (Å²) in [6.45, 7) is 9.36. The van der Waals surface area contributed by atoms with Gasteiger partial charge in [-0.1, -0.05) is 32.1 Å². The molecule has 200 valence electrons. The summed E-state index contributed by atoms with van der Waals surface area (Å²) < 4.78 is 1.66. The number of carbonyl (C=O) groups is 2. The summed E-state index contributed by atoms with van der Waals surface area (Å²) in [4.78, 5) is 35.4. The van der Waals surface area contributed by atoms with Gasteiger partial charge in [0.1, 0.15) is 12.1 Å². The molecule has 1 aliphatic carbocycles. The average molecular weight is 510 g/mol. The molecule has 5 rings (SSSR count). The Bertz CT molecular complexity index is 1090. The maximum Gasteiger partial charge on any atom is 0.248 e. The van der Waals surface area contributed by atoms with Crippen LogP contribution in [-0.4, -0.2) is 85.0 Å². The molecule has 2 amide bonds. The standard InChI is InChI=1S/C27H39N7O3/c1-27(2,3)24(34-17-22(30-31-34)19-7-8-19)26(37)33-16-21(35)12-23(33)25(36)29-13-18-9-11-32(14-18)15-20-6-4-5-10-28-20/h4-6,10,17-19,21,23-24,35H,7-9,11-16H2,1-3H3,(H,29,36)/t18?,21-,23+,24+/m1/s1. The first-order valence-corrected chi connectivity index (χ1v) is 13.5. The first-order valence-electron chi connectivity index (χ1n) is 13.5. The molecule has 0 radical (unpaired) electrons. The van der Waals surface area contributed by atoms with Gasteiger partial charge < -0.3 is 15.3 Å². The van der Waals surface area contributed by atoms with E-state index in [4.69, 9.17) is 0 Å². The van der Waals surface area contributed by atoms with Crippen LogP contribution in [0.15, 0.2) is 30.6 Å². The Labute approximate surface area is 218 Å². The lowest BCUT2D eigenvalue weighted by Gasteiger charge is -2.34. The van der Waals surface area contributed by atoms with Gasteiger partial charge in [-0.2, -0.15) is 0 Å². The molecule has 0 spiro atoms. The number of carbonyl (C=O) groups excluding carboxylic acids is 2. The molecule has 2 aliphatic heterocycles. The maximum atomic E-state index is 13.9. The summed E-state index contributed by atoms with van der Waals surface area (Å²) >= 11 is 0. The van der Waals surface area contributed by atoms with Crippen LogP contribution < -0.4 is 5.32 Å². The van der Waals surface area contributed by atoms with Crippen LogP contribution in [0, 0.1) is 11.3 Å². The van der Waals surface area contributed by atoms with Crippen molar-refractivity contribution >= 4 is 11.8 Å². The third-order valence-electron chi connectivity index (χ3n) is 7.75. The number of hydrogen-bond donors (Lipinski definition) is 2. The van der Waals surface area contributed by atoms with Crippen LogP contribution in [0.5, 0.6) is 0 Å². The topological polar surface area (TPSA) is 116 Å². The molecule has 1 saturated carbocycles. The van der Waals surface area contributed by atoms with Gasteiger partial charge in [-0.3, -0.25) is 19.5 Å². The summed E-state index contributed by atoms with van der Waals surface area (Å²) in [6, 6.07) is 4.65. The Hall–Kier alpha value is -2.85. The summed E-state index contributed by atoms with van der Waals surface area (Å²) in [5.41, 5.74) is 1.53. The minimum Gasteiger partial charge on any atom is -0.391 e. The summed E-state index contributed by atoms with van der Waals surface area (Å²) in [5, 5.41) is 22.1. The van der Waals surface area contributed by atoms with E-state index in [9.17, 15) is 14.7 Å². The maximum absolute atomic E-state index is 13.9. The molecule has 2 saturated heterocycles. The van der Waals surface area contributed by atoms with Crippen molar-refractivity contribution < 1.29 is 14.7 Å². The quantitative estimate of drug-likeness (QED) is 0.557. The predicted octanol–water partition coefficient (Wildman–Crippen LogP) is 1.74. The van der Waals surface area contributed by atoms with Gasteiger partial charge >= 0.3 is 0 Å². The van der Waals surface area contributed by atoms with Crippen LogP contribution in [0.3, 0.4) is 0 Å². The van der Waals surface area contributed by atoms with Gasteiger partial charge in [0, 0.05) is 50.9 Å². The van der Waals surface area contributed by atoms with Crippen LogP contribution in [0.4, 0.5) is 0 Å². The smallest absolute Gasteiger partial charge is 0.248 e. The van der Waals surface area contributed by atoms with Crippen LogP contribution in [-0.2, 0) is 16.1 Å². The Morgan fingerprint density at radius 3 is 2.70 bits per heavy atom. The van der Waals surface area contributed by atoms with Gasteiger partial charge in [0.25, 0.3) is 0 Å². The van der Waals surface area contributed by atoms with E-state index < -0.39 is 23.6 Å². The lowest BCUT2D eigenvalue weighted by Crippen LogP contribution is -2.51. The highest BCUT2D eigenvalue weighted by atomic mass is 16.3. The molecule has 3 fully saturated rings. The number of nitrogens with one attached hydrogen (secondary N) is 1. The first kappa shape index (κ1) is 25.8. The first-order chi connectivity index (χ1) is 17.7. The number of likely N-dealkylation sites (tertiary alicyclic amines) is 2. The van der Waals surface area contributed by atoms with Gasteiger partial charge in [-0.25, -0.2) is 4.68 Å². The fourth-order valence-electron chi connectivity index (χ4n) is 5.63. The van der Waals surface area contributed by atoms with Crippen molar-refractivity contribution in [1.82, 2.24) is 35.1 Å². The third kappa shape index (κ3) is 6.01. The van der Waals surface area contributed by atoms with E-state index in [1.54, 1.807) is 9.58 Å². The van der Waals surface area contributed by atoms with Crippen molar-refractivity contribution in [2.75, 3.05) is 26.2 Å². The number of β-amino-alcohol motifs (C(OH)–C–C–N with tert-alkyl or cyclic N) is 1. The molecule has 2 aromatic rings. The number of amides is 2. The molecular formula is C27H39N7O3. The SMILES string of the molecule is CC(C)(C)[C@H](C(=O)N1C[C@H](O)C[C@H]1C(=O)NCC1CCN(Cc2ccccn2)C1)n1cc(C2CC2)nn1. The Morgan fingerprint density at radius 2 is 2.00 bits per heavy atom. The molecule has 1 unspecified atom stereocenters. The average Bonchev–Trinajstić information content (AvgIpc) is 3.23. The molecule has 0 aromatic carbocycles. The number of nitrogens with zero attached hydrogens (tertiary/aromatic N) is 6. The van der Waals surface area contributed by atoms with Gasteiger partial charge in [-0.05, 0) is 49.3 Å². The predicted molar refractivity (Wildman–Crippen MR) is 137 cm³/mol. The second kappa shape index (κ2) is 10.5. The fourth-order valence-corrected chi connectivity index (χ4v) is 5.63. The van der Waals surface area contributed by atoms with Crippen LogP contribution in [0.2, 0.25) is 0 Å². The lowest BCUT2D eigenvalue weighted by atomic mass is 9.85. The number of aromatic nitrogens is 4. The Morgan fingerprint density at radius 1 is 1.19 bits per heavy atom. The van der Waals surface area contributed by atoms with Crippen molar-refractivity contribution in [3.8, 4) is 0 Å². The second-order valence-electron chi connectivity index (χ2n) is 12.0. The van der Waals surface area contributed by atoms with Crippen LogP contribution in [0.1, 0.15) is 69.8 Å². The number of pyridine rings is 1. The Balaban J connectivity index is 1.20. The molecule has 4 heterocycles. The summed E-state index contributed by atoms with van der Waals surface area (Å²) in [6.07, 6.45) is 6.43. The van der Waals surface area contributed by atoms with E-state index in [0.717, 1.165) is 50.3 Å². The third-order valence-corrected chi connectivity index (χ3v) is 7.75. The van der Waals surface area contributed by atoms with Crippen molar-refractivity contribution in [3.63, 3.8) is 0 Å². The highest BCUT2D eigenvalue weighted by Crippen LogP contribution is 2.40. The molecule has 3 aliphatic rings. The van der Waals surface area contributed by atoms with Gasteiger partial charge in [0.15, 0.2) is 0 Å². The number of aliphatic hydroxyl groups excluding tert-OH is 1. The van der Waals surface area contributed by atoms with Gasteiger partial charge in [0.2, 0.25) is 11.8 Å². The zero-order valence-corrected chi connectivity index (χ0v) is 22.1. The lowest BCUT2D eigenvalue weighted by molar-refractivity contribution is -0.144.